The van der Waals surface area contributed by atoms with E-state index < -0.39 is 5.97 Å². The van der Waals surface area contributed by atoms with Gasteiger partial charge in [-0.25, -0.2) is 4.79 Å². The maximum atomic E-state index is 11.5. The first-order valence-electron chi connectivity index (χ1n) is 6.45. The van der Waals surface area contributed by atoms with Crippen LogP contribution in [0.15, 0.2) is 28.7 Å². The highest BCUT2D eigenvalue weighted by atomic mass is 19.3. The van der Waals surface area contributed by atoms with Crippen molar-refractivity contribution in [1.29, 1.82) is 0 Å². The maximum absolute atomic E-state index is 11.5. The van der Waals surface area contributed by atoms with E-state index in [1.54, 1.807) is 24.3 Å². The molecule has 0 saturated heterocycles. The van der Waals surface area contributed by atoms with Gasteiger partial charge in [0.1, 0.15) is 11.3 Å². The van der Waals surface area contributed by atoms with E-state index in [2.05, 4.69) is 4.94 Å². The van der Waals surface area contributed by atoms with Crippen LogP contribution < -0.4 is 0 Å². The summed E-state index contributed by atoms with van der Waals surface area (Å²) in [5.41, 5.74) is 1.22. The second-order valence-corrected chi connectivity index (χ2v) is 3.97. The summed E-state index contributed by atoms with van der Waals surface area (Å²) in [7, 11) is 0. The van der Waals surface area contributed by atoms with Crippen molar-refractivity contribution >= 4 is 22.7 Å². The molecule has 0 aliphatic carbocycles. The van der Waals surface area contributed by atoms with Gasteiger partial charge in [-0.2, -0.15) is 0 Å². The zero-order chi connectivity index (χ0) is 15.1. The van der Waals surface area contributed by atoms with Gasteiger partial charge >= 0.3 is 5.97 Å². The summed E-state index contributed by atoms with van der Waals surface area (Å²) >= 11 is 0. The number of furan rings is 1. The molecule has 0 aliphatic heterocycles. The van der Waals surface area contributed by atoms with Crippen LogP contribution in [-0.2, 0) is 16.2 Å². The van der Waals surface area contributed by atoms with E-state index in [4.69, 9.17) is 4.42 Å². The van der Waals surface area contributed by atoms with Crippen molar-refractivity contribution in [3.05, 3.63) is 35.6 Å². The molecule has 1 aromatic heterocycles. The Balaban J connectivity index is 0.000000956. The molecule has 0 amide bonds. The molecule has 0 spiro atoms. The third kappa shape index (κ3) is 3.91. The molecular weight excluding hydrogens is 263 g/mol. The molecule has 5 heteroatoms. The predicted molar refractivity (Wildman–Crippen MR) is 73.1 cm³/mol. The number of aryl methyl sites for hydroxylation is 1. The van der Waals surface area contributed by atoms with Crippen LogP contribution in [0.4, 0.5) is 4.53 Å². The Bertz CT molecular complexity index is 601. The number of carbonyl (C=O) groups excluding carboxylic acids is 2. The third-order valence-electron chi connectivity index (χ3n) is 2.64. The predicted octanol–water partition coefficient (Wildman–Crippen LogP) is 4.02. The zero-order valence-corrected chi connectivity index (χ0v) is 11.7. The minimum atomic E-state index is -0.931. The zero-order valence-electron chi connectivity index (χ0n) is 11.7. The van der Waals surface area contributed by atoms with E-state index in [0.29, 0.717) is 16.9 Å². The number of rotatable bonds is 4. The van der Waals surface area contributed by atoms with Crippen molar-refractivity contribution in [2.75, 3.05) is 0 Å². The molecule has 0 saturated carbocycles. The van der Waals surface area contributed by atoms with Crippen LogP contribution >= 0.6 is 0 Å². The number of carbonyl (C=O) groups is 2. The van der Waals surface area contributed by atoms with Crippen molar-refractivity contribution in [2.24, 2.45) is 0 Å². The Morgan fingerprint density at radius 3 is 2.55 bits per heavy atom. The number of hydrogen-bond donors (Lipinski definition) is 0. The van der Waals surface area contributed by atoms with Crippen LogP contribution in [0.5, 0.6) is 0 Å². The van der Waals surface area contributed by atoms with Gasteiger partial charge in [0.2, 0.25) is 0 Å². The number of fused-ring (bicyclic) bond motifs is 1. The van der Waals surface area contributed by atoms with Gasteiger partial charge in [-0.3, -0.25) is 9.74 Å². The fourth-order valence-corrected chi connectivity index (χ4v) is 1.70. The van der Waals surface area contributed by atoms with Crippen LogP contribution in [0.2, 0.25) is 0 Å². The summed E-state index contributed by atoms with van der Waals surface area (Å²) in [6.07, 6.45) is 0.169. The molecule has 4 nitrogen and oxygen atoms in total. The number of benzene rings is 1. The molecule has 20 heavy (non-hydrogen) atoms. The number of Topliss-reactive ketones (excluding diaryl/α,β-unsaturated/α-hetero) is 1. The smallest absolute Gasteiger partial charge is 0.349 e. The molecule has 0 atom stereocenters. The highest BCUT2D eigenvalue weighted by Gasteiger charge is 2.09. The van der Waals surface area contributed by atoms with E-state index in [1.807, 2.05) is 13.8 Å². The average molecular weight is 280 g/mol. The lowest BCUT2D eigenvalue weighted by atomic mass is 10.1. The number of halogens is 1. The topological polar surface area (TPSA) is 56.5 Å². The molecule has 0 radical (unpaired) electrons. The fraction of sp³-hybridized carbons (Fsp3) is 0.333. The minimum absolute atomic E-state index is 0.0272. The van der Waals surface area contributed by atoms with Crippen LogP contribution in [0.3, 0.4) is 0 Å². The van der Waals surface area contributed by atoms with Crippen molar-refractivity contribution in [3.8, 4) is 0 Å². The SMILES string of the molecule is CC.CC(=O)c1ccc2oc(CCC(=O)OF)cc2c1. The van der Waals surface area contributed by atoms with Gasteiger partial charge in [-0.1, -0.05) is 13.8 Å². The lowest BCUT2D eigenvalue weighted by Gasteiger charge is -1.93. The van der Waals surface area contributed by atoms with Crippen LogP contribution in [0, 0.1) is 0 Å². The molecule has 0 aliphatic rings. The highest BCUT2D eigenvalue weighted by molar-refractivity contribution is 5.97. The normalized spacial score (nSPS) is 9.80. The lowest BCUT2D eigenvalue weighted by molar-refractivity contribution is -0.183. The van der Waals surface area contributed by atoms with Crippen molar-refractivity contribution < 1.29 is 23.5 Å². The summed E-state index contributed by atoms with van der Waals surface area (Å²) in [6, 6.07) is 6.82. The Labute approximate surface area is 116 Å². The standard InChI is InChI=1S/C13H11FO4.C2H6/c1-8(15)9-2-4-12-10(6-9)7-11(17-12)3-5-13(16)18-14;1-2/h2,4,6-7H,3,5H2,1H3;1-2H3. The van der Waals surface area contributed by atoms with Crippen molar-refractivity contribution in [1.82, 2.24) is 0 Å². The van der Waals surface area contributed by atoms with E-state index in [-0.39, 0.29) is 18.6 Å². The van der Waals surface area contributed by atoms with Crippen molar-refractivity contribution in [2.45, 2.75) is 33.6 Å². The van der Waals surface area contributed by atoms with Gasteiger partial charge < -0.3 is 4.42 Å². The summed E-state index contributed by atoms with van der Waals surface area (Å²) in [5, 5.41) is 0.784. The second kappa shape index (κ2) is 7.43. The summed E-state index contributed by atoms with van der Waals surface area (Å²) < 4.78 is 17.0. The molecule has 0 N–H and O–H groups in total. The first kappa shape index (κ1) is 15.9. The van der Waals surface area contributed by atoms with Gasteiger partial charge in [0.15, 0.2) is 5.78 Å². The molecule has 108 valence electrons. The first-order chi connectivity index (χ1) is 9.60. The Kier molecular flexibility index (Phi) is 5.90. The van der Waals surface area contributed by atoms with Crippen LogP contribution in [-0.4, -0.2) is 11.8 Å². The van der Waals surface area contributed by atoms with Gasteiger partial charge in [0.25, 0.3) is 0 Å². The second-order valence-electron chi connectivity index (χ2n) is 3.97. The fourth-order valence-electron chi connectivity index (χ4n) is 1.70. The summed E-state index contributed by atoms with van der Waals surface area (Å²) in [4.78, 5) is 24.9. The largest absolute Gasteiger partial charge is 0.461 e. The summed E-state index contributed by atoms with van der Waals surface area (Å²) in [5.74, 6) is -0.406. The molecule has 1 aromatic carbocycles. The van der Waals surface area contributed by atoms with Gasteiger partial charge in [-0.15, -0.1) is 0 Å². The van der Waals surface area contributed by atoms with E-state index in [1.165, 1.54) is 6.92 Å². The minimum Gasteiger partial charge on any atom is -0.461 e. The van der Waals surface area contributed by atoms with E-state index in [9.17, 15) is 14.1 Å². The summed E-state index contributed by atoms with van der Waals surface area (Å²) in [6.45, 7) is 5.49. The monoisotopic (exact) mass is 280 g/mol. The maximum Gasteiger partial charge on any atom is 0.349 e. The number of hydrogen-bond acceptors (Lipinski definition) is 4. The van der Waals surface area contributed by atoms with Gasteiger partial charge in [0.05, 0.1) is 6.42 Å². The Hall–Kier alpha value is -2.17. The molecule has 1 heterocycles. The van der Waals surface area contributed by atoms with Gasteiger partial charge in [-0.05, 0) is 31.2 Å². The van der Waals surface area contributed by atoms with E-state index >= 15 is 0 Å². The van der Waals surface area contributed by atoms with E-state index in [0.717, 1.165) is 5.39 Å². The van der Waals surface area contributed by atoms with Crippen molar-refractivity contribution in [3.63, 3.8) is 0 Å². The average Bonchev–Trinajstić information content (AvgIpc) is 2.88. The molecular formula is C15H17FO4. The lowest BCUT2D eigenvalue weighted by Crippen LogP contribution is -1.98. The molecule has 0 bridgehead atoms. The molecule has 0 unspecified atom stereocenters. The first-order valence-corrected chi connectivity index (χ1v) is 6.45. The van der Waals surface area contributed by atoms with Crippen LogP contribution in [0.1, 0.15) is 43.3 Å². The highest BCUT2D eigenvalue weighted by Crippen LogP contribution is 2.22. The molecule has 0 fully saturated rings. The van der Waals surface area contributed by atoms with Gasteiger partial charge in [0, 0.05) is 21.9 Å². The van der Waals surface area contributed by atoms with Crippen LogP contribution in [0.25, 0.3) is 11.0 Å². The quantitative estimate of drug-likeness (QED) is 0.794. The Morgan fingerprint density at radius 2 is 1.95 bits per heavy atom. The third-order valence-corrected chi connectivity index (χ3v) is 2.64. The molecule has 2 aromatic rings. The number of ketones is 1. The Morgan fingerprint density at radius 1 is 1.25 bits per heavy atom. The molecule has 2 rings (SSSR count).